The number of halogens is 1. The van der Waals surface area contributed by atoms with Crippen LogP contribution in [0, 0.1) is 5.82 Å². The predicted octanol–water partition coefficient (Wildman–Crippen LogP) is 3.41. The third kappa shape index (κ3) is 4.39. The van der Waals surface area contributed by atoms with E-state index in [0.717, 1.165) is 16.9 Å². The van der Waals surface area contributed by atoms with Crippen LogP contribution in [-0.2, 0) is 17.8 Å². The summed E-state index contributed by atoms with van der Waals surface area (Å²) in [4.78, 5) is 10.9. The molecule has 3 nitrogen and oxygen atoms in total. The molecule has 0 spiro atoms. The van der Waals surface area contributed by atoms with Crippen molar-refractivity contribution in [2.45, 2.75) is 13.0 Å². The molecule has 0 aliphatic carbocycles. The SMILES string of the molecule is COc1ccc(COCCc2ccc(F)cc2C=O)cc1. The summed E-state index contributed by atoms with van der Waals surface area (Å²) >= 11 is 0. The number of hydrogen-bond donors (Lipinski definition) is 0. The first-order chi connectivity index (χ1) is 10.2. The van der Waals surface area contributed by atoms with Crippen molar-refractivity contribution in [1.29, 1.82) is 0 Å². The zero-order valence-electron chi connectivity index (χ0n) is 11.8. The number of hydrogen-bond acceptors (Lipinski definition) is 3. The summed E-state index contributed by atoms with van der Waals surface area (Å²) in [5.41, 5.74) is 2.22. The molecule has 0 aromatic heterocycles. The van der Waals surface area contributed by atoms with E-state index >= 15 is 0 Å². The highest BCUT2D eigenvalue weighted by Gasteiger charge is 2.03. The largest absolute Gasteiger partial charge is 0.497 e. The van der Waals surface area contributed by atoms with E-state index in [9.17, 15) is 9.18 Å². The predicted molar refractivity (Wildman–Crippen MR) is 78.1 cm³/mol. The Labute approximate surface area is 123 Å². The average Bonchev–Trinajstić information content (AvgIpc) is 2.53. The maximum absolute atomic E-state index is 13.0. The first-order valence-electron chi connectivity index (χ1n) is 6.67. The van der Waals surface area contributed by atoms with Gasteiger partial charge in [-0.3, -0.25) is 4.79 Å². The van der Waals surface area contributed by atoms with Crippen molar-refractivity contribution < 1.29 is 18.7 Å². The van der Waals surface area contributed by atoms with Crippen LogP contribution < -0.4 is 4.74 Å². The fraction of sp³-hybridized carbons (Fsp3) is 0.235. The van der Waals surface area contributed by atoms with Crippen molar-refractivity contribution in [3.63, 3.8) is 0 Å². The summed E-state index contributed by atoms with van der Waals surface area (Å²) in [6.07, 6.45) is 1.24. The number of carbonyl (C=O) groups is 1. The lowest BCUT2D eigenvalue weighted by molar-refractivity contribution is 0.111. The zero-order valence-corrected chi connectivity index (χ0v) is 11.8. The van der Waals surface area contributed by atoms with E-state index < -0.39 is 5.82 Å². The Morgan fingerprint density at radius 1 is 1.14 bits per heavy atom. The summed E-state index contributed by atoms with van der Waals surface area (Å²) in [5, 5.41) is 0. The first-order valence-corrected chi connectivity index (χ1v) is 6.67. The number of ether oxygens (including phenoxy) is 2. The standard InChI is InChI=1S/C17H17FO3/c1-20-17-6-2-13(3-7-17)12-21-9-8-14-4-5-16(18)10-15(14)11-19/h2-7,10-11H,8-9,12H2,1H3. The molecule has 110 valence electrons. The van der Waals surface area contributed by atoms with Gasteiger partial charge < -0.3 is 9.47 Å². The normalized spacial score (nSPS) is 10.4. The molecule has 2 aromatic rings. The van der Waals surface area contributed by atoms with Crippen LogP contribution in [0.25, 0.3) is 0 Å². The highest BCUT2D eigenvalue weighted by Crippen LogP contribution is 2.13. The Balaban J connectivity index is 1.82. The number of rotatable bonds is 7. The molecule has 0 aliphatic heterocycles. The van der Waals surface area contributed by atoms with Crippen LogP contribution in [0.5, 0.6) is 5.75 Å². The number of benzene rings is 2. The van der Waals surface area contributed by atoms with Crippen LogP contribution in [-0.4, -0.2) is 20.0 Å². The van der Waals surface area contributed by atoms with Crippen molar-refractivity contribution in [1.82, 2.24) is 0 Å². The van der Waals surface area contributed by atoms with Crippen LogP contribution in [0.15, 0.2) is 42.5 Å². The summed E-state index contributed by atoms with van der Waals surface area (Å²) in [6.45, 7) is 0.958. The van der Waals surface area contributed by atoms with Crippen LogP contribution in [0.3, 0.4) is 0 Å². The smallest absolute Gasteiger partial charge is 0.150 e. The molecule has 0 unspecified atom stereocenters. The van der Waals surface area contributed by atoms with Crippen LogP contribution in [0.2, 0.25) is 0 Å². The Bertz CT molecular complexity index is 593. The molecule has 0 amide bonds. The van der Waals surface area contributed by atoms with Crippen molar-refractivity contribution >= 4 is 6.29 Å². The molecule has 2 rings (SSSR count). The van der Waals surface area contributed by atoms with Gasteiger partial charge in [0.2, 0.25) is 0 Å². The van der Waals surface area contributed by atoms with Crippen molar-refractivity contribution in [2.24, 2.45) is 0 Å². The molecule has 0 saturated carbocycles. The molecule has 0 bridgehead atoms. The average molecular weight is 288 g/mol. The quantitative estimate of drug-likeness (QED) is 0.578. The van der Waals surface area contributed by atoms with Crippen LogP contribution in [0.4, 0.5) is 4.39 Å². The van der Waals surface area contributed by atoms with Gasteiger partial charge >= 0.3 is 0 Å². The van der Waals surface area contributed by atoms with E-state index in [2.05, 4.69) is 0 Å². The lowest BCUT2D eigenvalue weighted by Crippen LogP contribution is -2.02. The topological polar surface area (TPSA) is 35.5 Å². The molecule has 0 saturated heterocycles. The van der Waals surface area contributed by atoms with E-state index in [1.165, 1.54) is 12.1 Å². The van der Waals surface area contributed by atoms with E-state index in [0.29, 0.717) is 31.5 Å². The van der Waals surface area contributed by atoms with Gasteiger partial charge in [-0.1, -0.05) is 18.2 Å². The molecule has 0 N–H and O–H groups in total. The number of aldehydes is 1. The minimum atomic E-state index is -0.403. The summed E-state index contributed by atoms with van der Waals surface area (Å²) in [7, 11) is 1.62. The summed E-state index contributed by atoms with van der Waals surface area (Å²) in [5.74, 6) is 0.403. The number of methoxy groups -OCH3 is 1. The van der Waals surface area contributed by atoms with E-state index in [1.54, 1.807) is 13.2 Å². The lowest BCUT2D eigenvalue weighted by Gasteiger charge is -2.07. The molecule has 0 heterocycles. The van der Waals surface area contributed by atoms with Gasteiger partial charge in [0.25, 0.3) is 0 Å². The summed E-state index contributed by atoms with van der Waals surface area (Å²) < 4.78 is 23.7. The fourth-order valence-electron chi connectivity index (χ4n) is 2.00. The maximum atomic E-state index is 13.0. The van der Waals surface area contributed by atoms with Gasteiger partial charge in [0, 0.05) is 5.56 Å². The first kappa shape index (κ1) is 15.2. The third-order valence-corrected chi connectivity index (χ3v) is 3.18. The highest BCUT2D eigenvalue weighted by atomic mass is 19.1. The number of carbonyl (C=O) groups excluding carboxylic acids is 1. The van der Waals surface area contributed by atoms with Gasteiger partial charge in [-0.25, -0.2) is 4.39 Å². The molecule has 0 atom stereocenters. The van der Waals surface area contributed by atoms with Gasteiger partial charge in [-0.05, 0) is 41.8 Å². The highest BCUT2D eigenvalue weighted by molar-refractivity contribution is 5.77. The Morgan fingerprint density at radius 2 is 1.90 bits per heavy atom. The fourth-order valence-corrected chi connectivity index (χ4v) is 2.00. The summed E-state index contributed by atoms with van der Waals surface area (Å²) in [6, 6.07) is 11.8. The second kappa shape index (κ2) is 7.55. The molecule has 0 radical (unpaired) electrons. The van der Waals surface area contributed by atoms with E-state index in [4.69, 9.17) is 9.47 Å². The molecular weight excluding hydrogens is 271 g/mol. The van der Waals surface area contributed by atoms with Gasteiger partial charge in [-0.15, -0.1) is 0 Å². The minimum Gasteiger partial charge on any atom is -0.497 e. The van der Waals surface area contributed by atoms with Gasteiger partial charge in [-0.2, -0.15) is 0 Å². The van der Waals surface area contributed by atoms with Crippen molar-refractivity contribution in [2.75, 3.05) is 13.7 Å². The zero-order chi connectivity index (χ0) is 15.1. The van der Waals surface area contributed by atoms with Gasteiger partial charge in [0.1, 0.15) is 17.9 Å². The van der Waals surface area contributed by atoms with Crippen molar-refractivity contribution in [3.05, 3.63) is 65.0 Å². The van der Waals surface area contributed by atoms with E-state index in [-0.39, 0.29) is 0 Å². The Kier molecular flexibility index (Phi) is 5.46. The van der Waals surface area contributed by atoms with E-state index in [1.807, 2.05) is 24.3 Å². The Morgan fingerprint density at radius 3 is 2.57 bits per heavy atom. The van der Waals surface area contributed by atoms with Crippen molar-refractivity contribution in [3.8, 4) is 5.75 Å². The Hall–Kier alpha value is -2.20. The second-order valence-electron chi connectivity index (χ2n) is 4.61. The molecular formula is C17H17FO3. The molecule has 0 fully saturated rings. The van der Waals surface area contributed by atoms with Gasteiger partial charge in [0.05, 0.1) is 20.3 Å². The van der Waals surface area contributed by atoms with Crippen LogP contribution in [0.1, 0.15) is 21.5 Å². The van der Waals surface area contributed by atoms with Crippen LogP contribution >= 0.6 is 0 Å². The minimum absolute atomic E-state index is 0.378. The molecule has 2 aromatic carbocycles. The second-order valence-corrected chi connectivity index (χ2v) is 4.61. The molecule has 0 aliphatic rings. The lowest BCUT2D eigenvalue weighted by atomic mass is 10.1. The molecule has 4 heteroatoms. The maximum Gasteiger partial charge on any atom is 0.150 e. The van der Waals surface area contributed by atoms with Gasteiger partial charge in [0.15, 0.2) is 0 Å². The molecule has 21 heavy (non-hydrogen) atoms. The monoisotopic (exact) mass is 288 g/mol. The third-order valence-electron chi connectivity index (χ3n) is 3.18.